The Bertz CT molecular complexity index is 717. The third-order valence-corrected chi connectivity index (χ3v) is 3.36. The molecule has 2 aromatic carbocycles. The zero-order valence-electron chi connectivity index (χ0n) is 12.6. The van der Waals surface area contributed by atoms with E-state index in [0.717, 1.165) is 5.56 Å². The molecule has 0 N–H and O–H groups in total. The fraction of sp³-hybridized carbons (Fsp3) is 0.222. The van der Waals surface area contributed by atoms with E-state index in [1.54, 1.807) is 24.3 Å². The van der Waals surface area contributed by atoms with Gasteiger partial charge in [0.15, 0.2) is 6.61 Å². The van der Waals surface area contributed by atoms with E-state index in [0.29, 0.717) is 16.9 Å². The van der Waals surface area contributed by atoms with Crippen LogP contribution in [0, 0.1) is 25.2 Å². The highest BCUT2D eigenvalue weighted by Gasteiger charge is 2.07. The van der Waals surface area contributed by atoms with Crippen molar-refractivity contribution in [2.75, 3.05) is 6.61 Å². The van der Waals surface area contributed by atoms with Crippen LogP contribution in [-0.4, -0.2) is 12.6 Å². The van der Waals surface area contributed by atoms with E-state index in [2.05, 4.69) is 6.07 Å². The molecular weight excluding hydrogens is 278 g/mol. The Morgan fingerprint density at radius 3 is 2.64 bits per heavy atom. The van der Waals surface area contributed by atoms with Crippen molar-refractivity contribution >= 4 is 5.97 Å². The van der Waals surface area contributed by atoms with Crippen LogP contribution in [0.1, 0.15) is 22.3 Å². The van der Waals surface area contributed by atoms with Crippen LogP contribution < -0.4 is 4.74 Å². The third-order valence-electron chi connectivity index (χ3n) is 3.36. The summed E-state index contributed by atoms with van der Waals surface area (Å²) in [7, 11) is 0. The zero-order valence-corrected chi connectivity index (χ0v) is 12.6. The van der Waals surface area contributed by atoms with E-state index in [1.807, 2.05) is 32.0 Å². The molecule has 0 spiro atoms. The Kier molecular flexibility index (Phi) is 5.16. The van der Waals surface area contributed by atoms with Gasteiger partial charge < -0.3 is 9.47 Å². The van der Waals surface area contributed by atoms with Crippen molar-refractivity contribution in [3.8, 4) is 11.8 Å². The molecule has 0 aliphatic heterocycles. The van der Waals surface area contributed by atoms with Gasteiger partial charge in [-0.3, -0.25) is 0 Å². The number of carbonyl (C=O) groups excluding carboxylic acids is 1. The second-order valence-electron chi connectivity index (χ2n) is 4.96. The molecule has 0 aliphatic carbocycles. The summed E-state index contributed by atoms with van der Waals surface area (Å²) in [5.74, 6) is 0.170. The van der Waals surface area contributed by atoms with E-state index in [4.69, 9.17) is 14.7 Å². The molecule has 0 radical (unpaired) electrons. The van der Waals surface area contributed by atoms with E-state index < -0.39 is 5.97 Å². The van der Waals surface area contributed by atoms with Crippen molar-refractivity contribution in [3.05, 3.63) is 64.7 Å². The molecule has 0 heterocycles. The van der Waals surface area contributed by atoms with Crippen LogP contribution >= 0.6 is 0 Å². The first-order valence-electron chi connectivity index (χ1n) is 6.94. The van der Waals surface area contributed by atoms with Gasteiger partial charge in [0.2, 0.25) is 0 Å². The lowest BCUT2D eigenvalue weighted by atomic mass is 10.1. The smallest absolute Gasteiger partial charge is 0.344 e. The molecule has 0 aromatic heterocycles. The predicted octanol–water partition coefficient (Wildman–Crippen LogP) is 3.30. The van der Waals surface area contributed by atoms with Gasteiger partial charge in [-0.15, -0.1) is 0 Å². The summed E-state index contributed by atoms with van der Waals surface area (Å²) in [5, 5.41) is 8.97. The van der Waals surface area contributed by atoms with Gasteiger partial charge in [-0.2, -0.15) is 5.26 Å². The fourth-order valence-corrected chi connectivity index (χ4v) is 1.90. The zero-order chi connectivity index (χ0) is 15.9. The van der Waals surface area contributed by atoms with Crippen LogP contribution in [0.15, 0.2) is 42.5 Å². The van der Waals surface area contributed by atoms with E-state index in [9.17, 15) is 4.79 Å². The number of benzene rings is 2. The van der Waals surface area contributed by atoms with Gasteiger partial charge in [-0.25, -0.2) is 4.79 Å². The number of nitriles is 1. The highest BCUT2D eigenvalue weighted by atomic mass is 16.6. The Morgan fingerprint density at radius 2 is 1.91 bits per heavy atom. The number of aryl methyl sites for hydroxylation is 2. The minimum absolute atomic E-state index is 0.0683. The highest BCUT2D eigenvalue weighted by Crippen LogP contribution is 2.16. The average Bonchev–Trinajstić information content (AvgIpc) is 2.54. The molecule has 22 heavy (non-hydrogen) atoms. The normalized spacial score (nSPS) is 9.86. The van der Waals surface area contributed by atoms with Gasteiger partial charge in [0.1, 0.15) is 12.4 Å². The fourth-order valence-electron chi connectivity index (χ4n) is 1.90. The second kappa shape index (κ2) is 7.28. The second-order valence-corrected chi connectivity index (χ2v) is 4.96. The number of carbonyl (C=O) groups is 1. The summed E-state index contributed by atoms with van der Waals surface area (Å²) in [6.45, 7) is 3.91. The maximum atomic E-state index is 11.7. The van der Waals surface area contributed by atoms with Crippen molar-refractivity contribution < 1.29 is 14.3 Å². The summed E-state index contributed by atoms with van der Waals surface area (Å²) < 4.78 is 10.5. The SMILES string of the molecule is Cc1ccc(OCC(=O)OCc2ccccc2C#N)cc1C. The van der Waals surface area contributed by atoms with Gasteiger partial charge in [-0.05, 0) is 43.2 Å². The van der Waals surface area contributed by atoms with Crippen LogP contribution in [0.3, 0.4) is 0 Å². The number of esters is 1. The minimum atomic E-state index is -0.467. The van der Waals surface area contributed by atoms with Gasteiger partial charge in [0.05, 0.1) is 11.6 Å². The summed E-state index contributed by atoms with van der Waals surface area (Å²) in [6.07, 6.45) is 0. The van der Waals surface area contributed by atoms with Crippen molar-refractivity contribution in [2.45, 2.75) is 20.5 Å². The third kappa shape index (κ3) is 4.10. The molecule has 2 aromatic rings. The lowest BCUT2D eigenvalue weighted by Gasteiger charge is -2.09. The van der Waals surface area contributed by atoms with Crippen molar-refractivity contribution in [3.63, 3.8) is 0 Å². The summed E-state index contributed by atoms with van der Waals surface area (Å²) in [6, 6.07) is 14.7. The maximum Gasteiger partial charge on any atom is 0.344 e. The summed E-state index contributed by atoms with van der Waals surface area (Å²) >= 11 is 0. The van der Waals surface area contributed by atoms with E-state index in [-0.39, 0.29) is 13.2 Å². The molecule has 0 atom stereocenters. The van der Waals surface area contributed by atoms with Crippen LogP contribution in [0.2, 0.25) is 0 Å². The molecule has 2 rings (SSSR count). The van der Waals surface area contributed by atoms with E-state index >= 15 is 0 Å². The van der Waals surface area contributed by atoms with Crippen LogP contribution in [0.25, 0.3) is 0 Å². The highest BCUT2D eigenvalue weighted by molar-refractivity contribution is 5.71. The number of ether oxygens (including phenoxy) is 2. The molecule has 4 heteroatoms. The Balaban J connectivity index is 1.86. The molecular formula is C18H17NO3. The van der Waals surface area contributed by atoms with Crippen molar-refractivity contribution in [1.82, 2.24) is 0 Å². The number of hydrogen-bond acceptors (Lipinski definition) is 4. The Labute approximate surface area is 129 Å². The number of rotatable bonds is 5. The average molecular weight is 295 g/mol. The molecule has 0 amide bonds. The summed E-state index contributed by atoms with van der Waals surface area (Å²) in [5.41, 5.74) is 3.46. The van der Waals surface area contributed by atoms with Crippen molar-refractivity contribution in [1.29, 1.82) is 5.26 Å². The molecule has 0 saturated carbocycles. The summed E-state index contributed by atoms with van der Waals surface area (Å²) in [4.78, 5) is 11.7. The molecule has 0 bridgehead atoms. The monoisotopic (exact) mass is 295 g/mol. The molecule has 112 valence electrons. The quantitative estimate of drug-likeness (QED) is 0.794. The van der Waals surface area contributed by atoms with Gasteiger partial charge in [-0.1, -0.05) is 24.3 Å². The van der Waals surface area contributed by atoms with Gasteiger partial charge in [0, 0.05) is 5.56 Å². The standard InChI is InChI=1S/C18H17NO3/c1-13-7-8-17(9-14(13)2)21-12-18(20)22-11-16-6-4-3-5-15(16)10-19/h3-9H,11-12H2,1-2H3. The first kappa shape index (κ1) is 15.6. The van der Waals surface area contributed by atoms with Crippen LogP contribution in [0.4, 0.5) is 0 Å². The molecule has 0 unspecified atom stereocenters. The largest absolute Gasteiger partial charge is 0.482 e. The number of nitrogens with zero attached hydrogens (tertiary/aromatic N) is 1. The van der Waals surface area contributed by atoms with E-state index in [1.165, 1.54) is 5.56 Å². The topological polar surface area (TPSA) is 59.3 Å². The van der Waals surface area contributed by atoms with Crippen LogP contribution in [0.5, 0.6) is 5.75 Å². The Morgan fingerprint density at radius 1 is 1.14 bits per heavy atom. The van der Waals surface area contributed by atoms with Crippen LogP contribution in [-0.2, 0) is 16.1 Å². The minimum Gasteiger partial charge on any atom is -0.482 e. The molecule has 0 fully saturated rings. The lowest BCUT2D eigenvalue weighted by molar-refractivity contribution is -0.147. The molecule has 0 aliphatic rings. The van der Waals surface area contributed by atoms with Gasteiger partial charge >= 0.3 is 5.97 Å². The van der Waals surface area contributed by atoms with Crippen molar-refractivity contribution in [2.24, 2.45) is 0 Å². The molecule has 4 nitrogen and oxygen atoms in total. The predicted molar refractivity (Wildman–Crippen MR) is 82.4 cm³/mol. The lowest BCUT2D eigenvalue weighted by Crippen LogP contribution is -2.15. The maximum absolute atomic E-state index is 11.7. The molecule has 0 saturated heterocycles. The number of hydrogen-bond donors (Lipinski definition) is 0. The first-order valence-corrected chi connectivity index (χ1v) is 6.94. The Hall–Kier alpha value is -2.80. The van der Waals surface area contributed by atoms with Gasteiger partial charge in [0.25, 0.3) is 0 Å². The first-order chi connectivity index (χ1) is 10.6.